The van der Waals surface area contributed by atoms with Gasteiger partial charge in [-0.25, -0.2) is 9.97 Å². The van der Waals surface area contributed by atoms with Crippen LogP contribution in [-0.2, 0) is 9.59 Å². The summed E-state index contributed by atoms with van der Waals surface area (Å²) in [6, 6.07) is 9.71. The van der Waals surface area contributed by atoms with Crippen LogP contribution in [0.25, 0.3) is 32.3 Å². The third-order valence-corrected chi connectivity index (χ3v) is 8.79. The predicted molar refractivity (Wildman–Crippen MR) is 146 cm³/mol. The maximum atomic E-state index is 13.2. The maximum Gasteiger partial charge on any atom is 0.261 e. The van der Waals surface area contributed by atoms with Crippen LogP contribution in [0.1, 0.15) is 36.9 Å². The summed E-state index contributed by atoms with van der Waals surface area (Å²) in [5.41, 5.74) is 2.70. The van der Waals surface area contributed by atoms with Crippen molar-refractivity contribution in [1.82, 2.24) is 25.2 Å². The zero-order valence-electron chi connectivity index (χ0n) is 20.5. The number of thiophene rings is 1. The molecule has 9 heteroatoms. The number of anilines is 1. The fourth-order valence-corrected chi connectivity index (χ4v) is 6.81. The van der Waals surface area contributed by atoms with E-state index >= 15 is 0 Å². The molecule has 7 rings (SSSR count). The van der Waals surface area contributed by atoms with Crippen molar-refractivity contribution in [3.8, 4) is 0 Å². The molecule has 6 heterocycles. The Bertz CT molecular complexity index is 1560. The molecule has 3 aliphatic rings. The zero-order chi connectivity index (χ0) is 24.9. The lowest BCUT2D eigenvalue weighted by Crippen LogP contribution is -2.39. The average Bonchev–Trinajstić information content (AvgIpc) is 3.70. The first-order valence-electron chi connectivity index (χ1n) is 13.0. The lowest BCUT2D eigenvalue weighted by atomic mass is 9.96. The number of hydrogen-bond donors (Lipinski definition) is 2. The third kappa shape index (κ3) is 3.93. The van der Waals surface area contributed by atoms with Gasteiger partial charge in [-0.3, -0.25) is 14.9 Å². The number of hydrogen-bond acceptors (Lipinski definition) is 7. The number of H-pyrrole nitrogens is 1. The Balaban J connectivity index is 1.29. The summed E-state index contributed by atoms with van der Waals surface area (Å²) in [6.45, 7) is 5.42. The van der Waals surface area contributed by atoms with E-state index in [-0.39, 0.29) is 5.91 Å². The second-order valence-corrected chi connectivity index (χ2v) is 11.1. The van der Waals surface area contributed by atoms with Gasteiger partial charge in [-0.2, -0.15) is 0 Å². The molecule has 0 spiro atoms. The normalized spacial score (nSPS) is 19.6. The summed E-state index contributed by atoms with van der Waals surface area (Å²) in [4.78, 5) is 45.2. The molecule has 0 radical (unpaired) electrons. The molecule has 3 aromatic heterocycles. The number of nitrogens with zero attached hydrogens (tertiary/aromatic N) is 4. The Kier molecular flexibility index (Phi) is 5.55. The largest absolute Gasteiger partial charge is 0.352 e. The second-order valence-electron chi connectivity index (χ2n) is 10.2. The fraction of sp³-hybridized carbons (Fsp3) is 0.357. The molecule has 0 aliphatic carbocycles. The van der Waals surface area contributed by atoms with Gasteiger partial charge in [0, 0.05) is 42.2 Å². The van der Waals surface area contributed by atoms with Crippen molar-refractivity contribution in [3.63, 3.8) is 0 Å². The van der Waals surface area contributed by atoms with Crippen LogP contribution >= 0.6 is 11.3 Å². The molecular weight excluding hydrogens is 484 g/mol. The van der Waals surface area contributed by atoms with Gasteiger partial charge in [-0.15, -0.1) is 11.3 Å². The van der Waals surface area contributed by atoms with Crippen LogP contribution in [0.4, 0.5) is 5.95 Å². The van der Waals surface area contributed by atoms with E-state index in [1.807, 2.05) is 41.9 Å². The number of imide groups is 1. The number of aromatic amines is 1. The van der Waals surface area contributed by atoms with Gasteiger partial charge in [0.1, 0.15) is 4.83 Å². The van der Waals surface area contributed by atoms with Gasteiger partial charge >= 0.3 is 0 Å². The number of rotatable bonds is 5. The molecule has 0 atom stereocenters. The molecule has 2 N–H and O–H groups in total. The molecule has 188 valence electrons. The molecule has 2 saturated heterocycles. The van der Waals surface area contributed by atoms with Crippen molar-refractivity contribution in [2.24, 2.45) is 5.92 Å². The number of nitrogens with one attached hydrogen (secondary N) is 2. The molecular formula is C28H28N6O2S. The molecule has 2 amide bonds. The smallest absolute Gasteiger partial charge is 0.261 e. The number of aromatic nitrogens is 3. The Labute approximate surface area is 218 Å². The summed E-state index contributed by atoms with van der Waals surface area (Å²) < 4.78 is 0. The molecule has 4 aromatic rings. The van der Waals surface area contributed by atoms with Gasteiger partial charge in [0.2, 0.25) is 5.95 Å². The van der Waals surface area contributed by atoms with Crippen LogP contribution in [0.3, 0.4) is 0 Å². The van der Waals surface area contributed by atoms with E-state index in [1.165, 1.54) is 32.5 Å². The van der Waals surface area contributed by atoms with Crippen molar-refractivity contribution in [1.29, 1.82) is 0 Å². The van der Waals surface area contributed by atoms with E-state index in [4.69, 9.17) is 9.97 Å². The molecule has 0 unspecified atom stereocenters. The van der Waals surface area contributed by atoms with Crippen LogP contribution in [-0.4, -0.2) is 64.4 Å². The molecule has 2 fully saturated rings. The lowest BCUT2D eigenvalue weighted by Gasteiger charge is -2.34. The van der Waals surface area contributed by atoms with Crippen LogP contribution in [0.5, 0.6) is 0 Å². The number of fused-ring (bicyclic) bond motifs is 2. The van der Waals surface area contributed by atoms with Crippen molar-refractivity contribution in [3.05, 3.63) is 53.2 Å². The van der Waals surface area contributed by atoms with Crippen molar-refractivity contribution >= 4 is 61.4 Å². The first-order valence-corrected chi connectivity index (χ1v) is 13.9. The van der Waals surface area contributed by atoms with Crippen molar-refractivity contribution < 1.29 is 9.59 Å². The molecule has 0 bridgehead atoms. The fourth-order valence-electron chi connectivity index (χ4n) is 6.04. The number of carbonyl (C=O) groups excluding carboxylic acids is 2. The quantitative estimate of drug-likeness (QED) is 0.392. The van der Waals surface area contributed by atoms with Gasteiger partial charge in [0.05, 0.1) is 22.4 Å². The Hall–Kier alpha value is -3.56. The standard InChI is InChI=1S/C28H28N6O2S/c35-25-22(20-15-29-27-18(20)9-14-37-27)23(26(36)32-25)24-19-5-1-2-6-21(19)30-28(31-24)34-12-7-17(8-13-34)16-33-10-3-4-11-33/h1-2,5-6,9,14-15,17,29H,3-4,7-8,10-13,16H2,(H,32,35,36). The number of amides is 2. The van der Waals surface area contributed by atoms with Gasteiger partial charge in [-0.05, 0) is 62.2 Å². The molecule has 1 aromatic carbocycles. The molecule has 3 aliphatic heterocycles. The number of para-hydroxylation sites is 1. The van der Waals surface area contributed by atoms with E-state index in [1.54, 1.807) is 11.3 Å². The van der Waals surface area contributed by atoms with Gasteiger partial charge in [0.15, 0.2) is 0 Å². The third-order valence-electron chi connectivity index (χ3n) is 7.94. The zero-order valence-corrected chi connectivity index (χ0v) is 21.3. The maximum absolute atomic E-state index is 13.2. The minimum Gasteiger partial charge on any atom is -0.352 e. The summed E-state index contributed by atoms with van der Waals surface area (Å²) in [6.07, 6.45) is 6.66. The summed E-state index contributed by atoms with van der Waals surface area (Å²) in [7, 11) is 0. The van der Waals surface area contributed by atoms with Crippen LogP contribution in [0, 0.1) is 5.92 Å². The average molecular weight is 513 g/mol. The lowest BCUT2D eigenvalue weighted by molar-refractivity contribution is -0.122. The summed E-state index contributed by atoms with van der Waals surface area (Å²) >= 11 is 1.57. The Morgan fingerprint density at radius 2 is 1.70 bits per heavy atom. The van der Waals surface area contributed by atoms with E-state index in [9.17, 15) is 9.59 Å². The van der Waals surface area contributed by atoms with E-state index in [0.29, 0.717) is 28.7 Å². The number of piperidine rings is 1. The topological polar surface area (TPSA) is 94.2 Å². The first kappa shape index (κ1) is 22.6. The Morgan fingerprint density at radius 3 is 2.54 bits per heavy atom. The van der Waals surface area contributed by atoms with Crippen molar-refractivity contribution in [2.75, 3.05) is 37.6 Å². The minimum absolute atomic E-state index is 0.320. The first-order chi connectivity index (χ1) is 18.2. The predicted octanol–water partition coefficient (Wildman–Crippen LogP) is 4.05. The second kappa shape index (κ2) is 9.08. The van der Waals surface area contributed by atoms with Crippen LogP contribution < -0.4 is 10.2 Å². The highest BCUT2D eigenvalue weighted by molar-refractivity contribution is 7.16. The minimum atomic E-state index is -0.413. The molecule has 8 nitrogen and oxygen atoms in total. The molecule has 0 saturated carbocycles. The van der Waals surface area contributed by atoms with E-state index in [2.05, 4.69) is 20.1 Å². The summed E-state index contributed by atoms with van der Waals surface area (Å²) in [5.74, 6) is 0.522. The van der Waals surface area contributed by atoms with Gasteiger partial charge in [-0.1, -0.05) is 18.2 Å². The highest BCUT2D eigenvalue weighted by Gasteiger charge is 2.36. The number of likely N-dealkylation sites (tertiary alicyclic amines) is 1. The monoisotopic (exact) mass is 512 g/mol. The van der Waals surface area contributed by atoms with E-state index in [0.717, 1.165) is 52.6 Å². The van der Waals surface area contributed by atoms with Crippen LogP contribution in [0.15, 0.2) is 41.9 Å². The summed E-state index contributed by atoms with van der Waals surface area (Å²) in [5, 5.41) is 6.20. The number of benzene rings is 1. The van der Waals surface area contributed by atoms with Gasteiger partial charge in [0.25, 0.3) is 11.8 Å². The SMILES string of the molecule is O=C1NC(=O)C(c2c[nH]c3sccc23)=C1c1nc(N2CCC(CN3CCCC3)CC2)nc2ccccc12. The van der Waals surface area contributed by atoms with Crippen LogP contribution in [0.2, 0.25) is 0 Å². The Morgan fingerprint density at radius 1 is 0.919 bits per heavy atom. The highest BCUT2D eigenvalue weighted by Crippen LogP contribution is 2.38. The highest BCUT2D eigenvalue weighted by atomic mass is 32.1. The number of carbonyl (C=O) groups is 2. The van der Waals surface area contributed by atoms with Gasteiger partial charge < -0.3 is 14.8 Å². The molecule has 37 heavy (non-hydrogen) atoms. The van der Waals surface area contributed by atoms with E-state index < -0.39 is 5.91 Å². The van der Waals surface area contributed by atoms with Crippen molar-refractivity contribution in [2.45, 2.75) is 25.7 Å².